The Bertz CT molecular complexity index is 1030. The average molecular weight is 399 g/mol. The quantitative estimate of drug-likeness (QED) is 0.570. The van der Waals surface area contributed by atoms with Gasteiger partial charge in [-0.25, -0.2) is 4.98 Å². The summed E-state index contributed by atoms with van der Waals surface area (Å²) >= 11 is 1.39. The van der Waals surface area contributed by atoms with Gasteiger partial charge in [0.2, 0.25) is 0 Å². The standard InChI is InChI=1S/C20H21N3O4S/c1-14(19(25)22(2)12-15-6-4-3-5-7-15)27-17(24)8-10-23-13-21-18-16(20(23)26)9-11-28-18/h3-7,9,11,13-14H,8,10,12H2,1-2H3. The van der Waals surface area contributed by atoms with Crippen molar-refractivity contribution in [3.8, 4) is 0 Å². The molecule has 3 rings (SSSR count). The molecule has 0 radical (unpaired) electrons. The van der Waals surface area contributed by atoms with Gasteiger partial charge in [0.25, 0.3) is 11.5 Å². The maximum Gasteiger partial charge on any atom is 0.308 e. The van der Waals surface area contributed by atoms with E-state index in [2.05, 4.69) is 4.98 Å². The third-order valence-electron chi connectivity index (χ3n) is 4.30. The van der Waals surface area contributed by atoms with Crippen molar-refractivity contribution in [2.75, 3.05) is 7.05 Å². The van der Waals surface area contributed by atoms with Gasteiger partial charge >= 0.3 is 5.97 Å². The van der Waals surface area contributed by atoms with Crippen LogP contribution in [0.4, 0.5) is 0 Å². The molecular weight excluding hydrogens is 378 g/mol. The van der Waals surface area contributed by atoms with Crippen LogP contribution in [-0.2, 0) is 27.4 Å². The number of likely N-dealkylation sites (N-methyl/N-ethyl adjacent to an activating group) is 1. The van der Waals surface area contributed by atoms with Gasteiger partial charge in [-0.15, -0.1) is 11.3 Å². The zero-order chi connectivity index (χ0) is 20.1. The number of fused-ring (bicyclic) bond motifs is 1. The van der Waals surface area contributed by atoms with Gasteiger partial charge in [0.1, 0.15) is 4.83 Å². The van der Waals surface area contributed by atoms with Crippen molar-refractivity contribution in [3.63, 3.8) is 0 Å². The van der Waals surface area contributed by atoms with Crippen LogP contribution in [0.15, 0.2) is 52.9 Å². The molecule has 0 saturated carbocycles. The number of esters is 1. The van der Waals surface area contributed by atoms with Crippen LogP contribution in [0.3, 0.4) is 0 Å². The topological polar surface area (TPSA) is 81.5 Å². The Kier molecular flexibility index (Phi) is 6.20. The first-order valence-electron chi connectivity index (χ1n) is 8.86. The summed E-state index contributed by atoms with van der Waals surface area (Å²) in [4.78, 5) is 43.2. The molecule has 0 saturated heterocycles. The number of ether oxygens (including phenoxy) is 1. The fraction of sp³-hybridized carbons (Fsp3) is 0.300. The zero-order valence-corrected chi connectivity index (χ0v) is 16.5. The second-order valence-corrected chi connectivity index (χ2v) is 7.34. The fourth-order valence-corrected chi connectivity index (χ4v) is 3.54. The van der Waals surface area contributed by atoms with E-state index in [4.69, 9.17) is 4.74 Å². The molecule has 146 valence electrons. The van der Waals surface area contributed by atoms with Crippen molar-refractivity contribution >= 4 is 33.4 Å². The van der Waals surface area contributed by atoms with E-state index in [1.165, 1.54) is 27.1 Å². The van der Waals surface area contributed by atoms with Crippen LogP contribution in [-0.4, -0.2) is 39.5 Å². The number of nitrogens with zero attached hydrogens (tertiary/aromatic N) is 3. The minimum absolute atomic E-state index is 0.0166. The number of benzene rings is 1. The molecule has 0 fully saturated rings. The average Bonchev–Trinajstić information content (AvgIpc) is 3.17. The Morgan fingerprint density at radius 3 is 2.75 bits per heavy atom. The van der Waals surface area contributed by atoms with Gasteiger partial charge in [-0.3, -0.25) is 19.0 Å². The molecule has 28 heavy (non-hydrogen) atoms. The predicted octanol–water partition coefficient (Wildman–Crippen LogP) is 2.44. The molecule has 0 N–H and O–H groups in total. The number of hydrogen-bond acceptors (Lipinski definition) is 6. The molecular formula is C20H21N3O4S. The van der Waals surface area contributed by atoms with E-state index in [9.17, 15) is 14.4 Å². The number of carbonyl (C=O) groups excluding carboxylic acids is 2. The number of rotatable bonds is 7. The summed E-state index contributed by atoms with van der Waals surface area (Å²) in [6.45, 7) is 2.13. The van der Waals surface area contributed by atoms with Crippen molar-refractivity contribution in [1.29, 1.82) is 0 Å². The Morgan fingerprint density at radius 2 is 2.00 bits per heavy atom. The fourth-order valence-electron chi connectivity index (χ4n) is 2.82. The van der Waals surface area contributed by atoms with E-state index in [1.807, 2.05) is 30.3 Å². The Labute approximate surface area is 166 Å². The molecule has 1 unspecified atom stereocenters. The lowest BCUT2D eigenvalue weighted by atomic mass is 10.2. The summed E-state index contributed by atoms with van der Waals surface area (Å²) in [5, 5.41) is 2.34. The normalized spacial score (nSPS) is 11.9. The van der Waals surface area contributed by atoms with Crippen LogP contribution in [0.25, 0.3) is 10.2 Å². The van der Waals surface area contributed by atoms with E-state index >= 15 is 0 Å². The first kappa shape index (κ1) is 19.8. The number of aryl methyl sites for hydroxylation is 1. The highest BCUT2D eigenvalue weighted by Crippen LogP contribution is 2.13. The lowest BCUT2D eigenvalue weighted by Crippen LogP contribution is -2.37. The molecule has 0 aliphatic heterocycles. The van der Waals surface area contributed by atoms with Crippen molar-refractivity contribution in [2.24, 2.45) is 0 Å². The summed E-state index contributed by atoms with van der Waals surface area (Å²) in [7, 11) is 1.67. The summed E-state index contributed by atoms with van der Waals surface area (Å²) in [5.41, 5.74) is 0.804. The first-order chi connectivity index (χ1) is 13.5. The van der Waals surface area contributed by atoms with E-state index in [0.717, 1.165) is 5.56 Å². The lowest BCUT2D eigenvalue weighted by Gasteiger charge is -2.21. The maximum absolute atomic E-state index is 12.4. The van der Waals surface area contributed by atoms with Crippen LogP contribution in [0.1, 0.15) is 18.9 Å². The summed E-state index contributed by atoms with van der Waals surface area (Å²) in [6, 6.07) is 11.3. The highest BCUT2D eigenvalue weighted by Gasteiger charge is 2.21. The zero-order valence-electron chi connectivity index (χ0n) is 15.7. The van der Waals surface area contributed by atoms with Crippen molar-refractivity contribution in [3.05, 3.63) is 64.0 Å². The number of carbonyl (C=O) groups is 2. The first-order valence-corrected chi connectivity index (χ1v) is 9.74. The van der Waals surface area contributed by atoms with Gasteiger partial charge in [0, 0.05) is 20.1 Å². The summed E-state index contributed by atoms with van der Waals surface area (Å²) in [5.74, 6) is -0.818. The second kappa shape index (κ2) is 8.79. The van der Waals surface area contributed by atoms with Gasteiger partial charge < -0.3 is 9.64 Å². The largest absolute Gasteiger partial charge is 0.452 e. The third-order valence-corrected chi connectivity index (χ3v) is 5.12. The predicted molar refractivity (Wildman–Crippen MR) is 107 cm³/mol. The molecule has 1 atom stereocenters. The molecule has 1 amide bonds. The van der Waals surface area contributed by atoms with Gasteiger partial charge in [0.15, 0.2) is 6.10 Å². The second-order valence-electron chi connectivity index (χ2n) is 6.44. The minimum Gasteiger partial charge on any atom is -0.452 e. The molecule has 7 nitrogen and oxygen atoms in total. The molecule has 0 spiro atoms. The van der Waals surface area contributed by atoms with Gasteiger partial charge in [-0.2, -0.15) is 0 Å². The van der Waals surface area contributed by atoms with E-state index in [-0.39, 0.29) is 24.4 Å². The summed E-state index contributed by atoms with van der Waals surface area (Å²) in [6.07, 6.45) is 0.517. The number of hydrogen-bond donors (Lipinski definition) is 0. The highest BCUT2D eigenvalue weighted by molar-refractivity contribution is 7.16. The van der Waals surface area contributed by atoms with Crippen molar-refractivity contribution in [2.45, 2.75) is 32.5 Å². The molecule has 1 aromatic carbocycles. The van der Waals surface area contributed by atoms with E-state index < -0.39 is 12.1 Å². The Morgan fingerprint density at radius 1 is 1.25 bits per heavy atom. The van der Waals surface area contributed by atoms with Crippen LogP contribution in [0, 0.1) is 0 Å². The van der Waals surface area contributed by atoms with Crippen molar-refractivity contribution < 1.29 is 14.3 Å². The Balaban J connectivity index is 1.52. The Hall–Kier alpha value is -3.00. The van der Waals surface area contributed by atoms with Crippen molar-refractivity contribution in [1.82, 2.24) is 14.5 Å². The lowest BCUT2D eigenvalue weighted by molar-refractivity contribution is -0.158. The van der Waals surface area contributed by atoms with Gasteiger partial charge in [-0.1, -0.05) is 30.3 Å². The monoisotopic (exact) mass is 399 g/mol. The van der Waals surface area contributed by atoms with Crippen LogP contribution in [0.5, 0.6) is 0 Å². The van der Waals surface area contributed by atoms with E-state index in [1.54, 1.807) is 25.4 Å². The third kappa shape index (κ3) is 4.64. The SMILES string of the molecule is CC(OC(=O)CCn1cnc2sccc2c1=O)C(=O)N(C)Cc1ccccc1. The molecule has 2 aromatic heterocycles. The van der Waals surface area contributed by atoms with Crippen LogP contribution >= 0.6 is 11.3 Å². The van der Waals surface area contributed by atoms with Gasteiger partial charge in [-0.05, 0) is 23.9 Å². The molecule has 0 aliphatic rings. The summed E-state index contributed by atoms with van der Waals surface area (Å²) < 4.78 is 6.62. The van der Waals surface area contributed by atoms with Crippen LogP contribution in [0.2, 0.25) is 0 Å². The minimum atomic E-state index is -0.893. The number of thiophene rings is 1. The number of amides is 1. The smallest absolute Gasteiger partial charge is 0.308 e. The van der Waals surface area contributed by atoms with Crippen LogP contribution < -0.4 is 5.56 Å². The molecule has 0 bridgehead atoms. The van der Waals surface area contributed by atoms with Gasteiger partial charge in [0.05, 0.1) is 18.1 Å². The molecule has 2 heterocycles. The maximum atomic E-state index is 12.4. The molecule has 3 aromatic rings. The molecule has 0 aliphatic carbocycles. The van der Waals surface area contributed by atoms with E-state index in [0.29, 0.717) is 16.8 Å². The molecule has 8 heteroatoms. The number of aromatic nitrogens is 2. The highest BCUT2D eigenvalue weighted by atomic mass is 32.1.